The molecule has 2 nitrogen and oxygen atoms in total. The SMILES string of the molecule is O=C1CCN=CC1c1ccccc1. The maximum atomic E-state index is 11.5. The molecule has 0 saturated heterocycles. The van der Waals surface area contributed by atoms with Gasteiger partial charge in [-0.25, -0.2) is 0 Å². The topological polar surface area (TPSA) is 29.4 Å². The quantitative estimate of drug-likeness (QED) is 0.636. The third-order valence-corrected chi connectivity index (χ3v) is 2.25. The van der Waals surface area contributed by atoms with Crippen LogP contribution in [0.2, 0.25) is 0 Å². The summed E-state index contributed by atoms with van der Waals surface area (Å²) < 4.78 is 0. The number of hydrogen-bond donors (Lipinski definition) is 0. The fraction of sp³-hybridized carbons (Fsp3) is 0.273. The number of carbonyl (C=O) groups excluding carboxylic acids is 1. The molecule has 0 fully saturated rings. The predicted octanol–water partition coefficient (Wildman–Crippen LogP) is 1.81. The highest BCUT2D eigenvalue weighted by Gasteiger charge is 2.20. The van der Waals surface area contributed by atoms with E-state index in [9.17, 15) is 4.79 Å². The smallest absolute Gasteiger partial charge is 0.147 e. The zero-order valence-electron chi connectivity index (χ0n) is 7.31. The Bertz CT molecular complexity index is 329. The number of ketones is 1. The van der Waals surface area contributed by atoms with Crippen LogP contribution in [0, 0.1) is 0 Å². The molecule has 1 aliphatic heterocycles. The Hall–Kier alpha value is -1.44. The van der Waals surface area contributed by atoms with Crippen LogP contribution in [0.1, 0.15) is 17.9 Å². The molecule has 1 unspecified atom stereocenters. The third-order valence-electron chi connectivity index (χ3n) is 2.25. The van der Waals surface area contributed by atoms with Crippen molar-refractivity contribution in [1.29, 1.82) is 0 Å². The molecule has 0 radical (unpaired) electrons. The Balaban J connectivity index is 2.30. The second-order valence-electron chi connectivity index (χ2n) is 3.16. The van der Waals surface area contributed by atoms with Crippen molar-refractivity contribution in [3.05, 3.63) is 35.9 Å². The molecule has 1 aliphatic rings. The van der Waals surface area contributed by atoms with Crippen molar-refractivity contribution >= 4 is 12.0 Å². The second-order valence-corrected chi connectivity index (χ2v) is 3.16. The van der Waals surface area contributed by atoms with E-state index >= 15 is 0 Å². The van der Waals surface area contributed by atoms with Gasteiger partial charge in [0.2, 0.25) is 0 Å². The van der Waals surface area contributed by atoms with Crippen molar-refractivity contribution in [2.75, 3.05) is 6.54 Å². The van der Waals surface area contributed by atoms with Crippen molar-refractivity contribution in [2.24, 2.45) is 4.99 Å². The maximum Gasteiger partial charge on any atom is 0.147 e. The van der Waals surface area contributed by atoms with Crippen LogP contribution in [0.3, 0.4) is 0 Å². The maximum absolute atomic E-state index is 11.5. The lowest BCUT2D eigenvalue weighted by atomic mass is 9.92. The molecule has 2 heteroatoms. The normalized spacial score (nSPS) is 21.8. The lowest BCUT2D eigenvalue weighted by molar-refractivity contribution is -0.119. The molecule has 13 heavy (non-hydrogen) atoms. The zero-order valence-corrected chi connectivity index (χ0v) is 7.31. The van der Waals surface area contributed by atoms with Crippen molar-refractivity contribution in [1.82, 2.24) is 0 Å². The summed E-state index contributed by atoms with van der Waals surface area (Å²) in [4.78, 5) is 15.6. The molecule has 2 rings (SSSR count). The van der Waals surface area contributed by atoms with Gasteiger partial charge < -0.3 is 0 Å². The summed E-state index contributed by atoms with van der Waals surface area (Å²) in [6, 6.07) is 9.80. The lowest BCUT2D eigenvalue weighted by Gasteiger charge is -2.14. The molecule has 66 valence electrons. The lowest BCUT2D eigenvalue weighted by Crippen LogP contribution is -2.18. The van der Waals surface area contributed by atoms with Gasteiger partial charge in [0.25, 0.3) is 0 Å². The summed E-state index contributed by atoms with van der Waals surface area (Å²) >= 11 is 0. The number of aliphatic imine (C=N–C) groups is 1. The highest BCUT2D eigenvalue weighted by molar-refractivity contribution is 6.01. The van der Waals surface area contributed by atoms with Crippen molar-refractivity contribution < 1.29 is 4.79 Å². The van der Waals surface area contributed by atoms with Crippen molar-refractivity contribution in [3.63, 3.8) is 0 Å². The summed E-state index contributed by atoms with van der Waals surface area (Å²) in [5.41, 5.74) is 1.05. The molecular formula is C11H11NO. The molecule has 0 spiro atoms. The minimum Gasteiger partial charge on any atom is -0.299 e. The first kappa shape index (κ1) is 8.17. The number of carbonyl (C=O) groups is 1. The van der Waals surface area contributed by atoms with E-state index in [1.165, 1.54) is 0 Å². The zero-order chi connectivity index (χ0) is 9.10. The number of hydrogen-bond acceptors (Lipinski definition) is 2. The van der Waals surface area contributed by atoms with Crippen molar-refractivity contribution in [3.8, 4) is 0 Å². The molecule has 0 N–H and O–H groups in total. The molecule has 0 aliphatic carbocycles. The Morgan fingerprint density at radius 1 is 1.23 bits per heavy atom. The van der Waals surface area contributed by atoms with Crippen molar-refractivity contribution in [2.45, 2.75) is 12.3 Å². The van der Waals surface area contributed by atoms with E-state index in [2.05, 4.69) is 4.99 Å². The summed E-state index contributed by atoms with van der Waals surface area (Å²) in [5.74, 6) is 0.177. The minimum absolute atomic E-state index is 0.102. The van der Waals surface area contributed by atoms with E-state index < -0.39 is 0 Å². The largest absolute Gasteiger partial charge is 0.299 e. The Morgan fingerprint density at radius 3 is 2.69 bits per heavy atom. The van der Waals surface area contributed by atoms with E-state index in [1.807, 2.05) is 30.3 Å². The Kier molecular flexibility index (Phi) is 2.21. The number of benzene rings is 1. The van der Waals surface area contributed by atoms with Gasteiger partial charge in [0.15, 0.2) is 0 Å². The van der Waals surface area contributed by atoms with E-state index in [0.29, 0.717) is 13.0 Å². The first-order valence-electron chi connectivity index (χ1n) is 4.45. The molecule has 0 bridgehead atoms. The standard InChI is InChI=1S/C11H11NO/c13-11-6-7-12-8-10(11)9-4-2-1-3-5-9/h1-5,8,10H,6-7H2. The molecule has 1 aromatic rings. The van der Waals surface area contributed by atoms with Crippen LogP contribution in [0.15, 0.2) is 35.3 Å². The highest BCUT2D eigenvalue weighted by atomic mass is 16.1. The average molecular weight is 173 g/mol. The molecule has 0 aromatic heterocycles. The first-order valence-corrected chi connectivity index (χ1v) is 4.45. The van der Waals surface area contributed by atoms with Crippen LogP contribution >= 0.6 is 0 Å². The molecular weight excluding hydrogens is 162 g/mol. The summed E-state index contributed by atoms with van der Waals surface area (Å²) in [6.45, 7) is 0.655. The van der Waals surface area contributed by atoms with Gasteiger partial charge in [-0.15, -0.1) is 0 Å². The van der Waals surface area contributed by atoms with Crippen LogP contribution in [0.5, 0.6) is 0 Å². The highest BCUT2D eigenvalue weighted by Crippen LogP contribution is 2.18. The Morgan fingerprint density at radius 2 is 2.00 bits per heavy atom. The summed E-state index contributed by atoms with van der Waals surface area (Å²) in [5, 5.41) is 0. The molecule has 0 saturated carbocycles. The van der Waals surface area contributed by atoms with Gasteiger partial charge in [-0.05, 0) is 5.56 Å². The second kappa shape index (κ2) is 3.52. The monoisotopic (exact) mass is 173 g/mol. The fourth-order valence-electron chi connectivity index (χ4n) is 1.53. The summed E-state index contributed by atoms with van der Waals surface area (Å²) in [7, 11) is 0. The van der Waals surface area contributed by atoms with Gasteiger partial charge in [0.05, 0.1) is 5.92 Å². The summed E-state index contributed by atoms with van der Waals surface area (Å²) in [6.07, 6.45) is 2.34. The van der Waals surface area contributed by atoms with E-state index in [0.717, 1.165) is 5.56 Å². The number of rotatable bonds is 1. The minimum atomic E-state index is -0.102. The van der Waals surface area contributed by atoms with Crippen LogP contribution in [-0.4, -0.2) is 18.5 Å². The van der Waals surface area contributed by atoms with E-state index in [4.69, 9.17) is 0 Å². The third kappa shape index (κ3) is 1.66. The van der Waals surface area contributed by atoms with Crippen LogP contribution in [-0.2, 0) is 4.79 Å². The average Bonchev–Trinajstić information content (AvgIpc) is 2.20. The van der Waals surface area contributed by atoms with Gasteiger partial charge in [-0.1, -0.05) is 30.3 Å². The van der Waals surface area contributed by atoms with Crippen LogP contribution in [0.25, 0.3) is 0 Å². The van der Waals surface area contributed by atoms with Crippen LogP contribution < -0.4 is 0 Å². The van der Waals surface area contributed by atoms with Crippen LogP contribution in [0.4, 0.5) is 0 Å². The van der Waals surface area contributed by atoms with E-state index in [1.54, 1.807) is 6.21 Å². The van der Waals surface area contributed by atoms with Gasteiger partial charge in [-0.3, -0.25) is 9.79 Å². The Labute approximate surface area is 77.3 Å². The first-order chi connectivity index (χ1) is 6.38. The van der Waals surface area contributed by atoms with Gasteiger partial charge >= 0.3 is 0 Å². The molecule has 1 atom stereocenters. The molecule has 0 amide bonds. The van der Waals surface area contributed by atoms with Gasteiger partial charge in [-0.2, -0.15) is 0 Å². The van der Waals surface area contributed by atoms with E-state index in [-0.39, 0.29) is 11.7 Å². The molecule has 1 heterocycles. The number of Topliss-reactive ketones (excluding diaryl/α,β-unsaturated/α-hetero) is 1. The van der Waals surface area contributed by atoms with Gasteiger partial charge in [0.1, 0.15) is 5.78 Å². The van der Waals surface area contributed by atoms with Gasteiger partial charge in [0, 0.05) is 19.2 Å². The molecule has 1 aromatic carbocycles. The predicted molar refractivity (Wildman–Crippen MR) is 52.2 cm³/mol. The number of nitrogens with zero attached hydrogens (tertiary/aromatic N) is 1. The fourth-order valence-corrected chi connectivity index (χ4v) is 1.53.